The fourth-order valence-corrected chi connectivity index (χ4v) is 3.77. The monoisotopic (exact) mass is 420 g/mol. The van der Waals surface area contributed by atoms with Crippen LogP contribution in [0.2, 0.25) is 0 Å². The Morgan fingerprint density at radius 3 is 2.59 bits per heavy atom. The van der Waals surface area contributed by atoms with Gasteiger partial charge in [-0.05, 0) is 18.2 Å². The average molecular weight is 420 g/mol. The molecule has 2 aromatic rings. The van der Waals surface area contributed by atoms with Gasteiger partial charge in [-0.25, -0.2) is 18.4 Å². The van der Waals surface area contributed by atoms with Crippen molar-refractivity contribution in [2.24, 2.45) is 0 Å². The van der Waals surface area contributed by atoms with Crippen molar-refractivity contribution in [1.82, 2.24) is 9.97 Å². The molecule has 3 rings (SSSR count). The number of benzene rings is 1. The molecule has 2 heterocycles. The molecule has 1 saturated heterocycles. The SMILES string of the molecule is CC(=O)Nc1ccc(-c2nc(CS(C)(=O)=O)cc(N3CCOCC3)n2)cc1CO. The van der Waals surface area contributed by atoms with Gasteiger partial charge in [0.1, 0.15) is 5.82 Å². The van der Waals surface area contributed by atoms with Crippen LogP contribution in [0, 0.1) is 0 Å². The van der Waals surface area contributed by atoms with Gasteiger partial charge >= 0.3 is 0 Å². The van der Waals surface area contributed by atoms with Crippen LogP contribution in [0.15, 0.2) is 24.3 Å². The number of nitrogens with zero attached hydrogens (tertiary/aromatic N) is 3. The zero-order valence-electron chi connectivity index (χ0n) is 16.4. The lowest BCUT2D eigenvalue weighted by Crippen LogP contribution is -2.37. The highest BCUT2D eigenvalue weighted by Crippen LogP contribution is 2.26. The second-order valence-electron chi connectivity index (χ2n) is 6.92. The van der Waals surface area contributed by atoms with Gasteiger partial charge in [-0.3, -0.25) is 4.79 Å². The van der Waals surface area contributed by atoms with Crippen LogP contribution in [0.3, 0.4) is 0 Å². The van der Waals surface area contributed by atoms with Gasteiger partial charge in [-0.2, -0.15) is 0 Å². The normalized spacial score (nSPS) is 14.7. The molecule has 0 spiro atoms. The van der Waals surface area contributed by atoms with Crippen LogP contribution < -0.4 is 10.2 Å². The van der Waals surface area contributed by atoms with E-state index in [9.17, 15) is 18.3 Å². The van der Waals surface area contributed by atoms with E-state index in [1.807, 2.05) is 4.90 Å². The molecule has 9 nitrogen and oxygen atoms in total. The zero-order chi connectivity index (χ0) is 21.0. The first kappa shape index (κ1) is 21.2. The van der Waals surface area contributed by atoms with Gasteiger partial charge in [0.25, 0.3) is 0 Å². The molecule has 0 unspecified atom stereocenters. The number of amides is 1. The maximum absolute atomic E-state index is 11.8. The summed E-state index contributed by atoms with van der Waals surface area (Å²) in [5.41, 5.74) is 2.04. The number of aliphatic hydroxyl groups is 1. The molecule has 0 atom stereocenters. The lowest BCUT2D eigenvalue weighted by molar-refractivity contribution is -0.114. The highest BCUT2D eigenvalue weighted by molar-refractivity contribution is 7.89. The largest absolute Gasteiger partial charge is 0.392 e. The summed E-state index contributed by atoms with van der Waals surface area (Å²) >= 11 is 0. The van der Waals surface area contributed by atoms with Crippen molar-refractivity contribution in [3.8, 4) is 11.4 Å². The Bertz CT molecular complexity index is 1000. The van der Waals surface area contributed by atoms with Crippen molar-refractivity contribution in [1.29, 1.82) is 0 Å². The van der Waals surface area contributed by atoms with Crippen molar-refractivity contribution >= 4 is 27.2 Å². The molecule has 1 amide bonds. The zero-order valence-corrected chi connectivity index (χ0v) is 17.2. The Kier molecular flexibility index (Phi) is 6.46. The number of carbonyl (C=O) groups is 1. The third-order valence-electron chi connectivity index (χ3n) is 4.36. The van der Waals surface area contributed by atoms with E-state index in [-0.39, 0.29) is 18.3 Å². The molecule has 1 aliphatic heterocycles. The third kappa shape index (κ3) is 5.72. The first-order valence-corrected chi connectivity index (χ1v) is 11.2. The Hall–Kier alpha value is -2.56. The number of anilines is 2. The Balaban J connectivity index is 2.04. The molecule has 10 heteroatoms. The number of aromatic nitrogens is 2. The molecular formula is C19H24N4O5S. The summed E-state index contributed by atoms with van der Waals surface area (Å²) in [5.74, 6) is 0.551. The van der Waals surface area contributed by atoms with E-state index in [2.05, 4.69) is 15.3 Å². The van der Waals surface area contributed by atoms with Crippen molar-refractivity contribution in [2.75, 3.05) is 42.8 Å². The molecule has 29 heavy (non-hydrogen) atoms. The maximum Gasteiger partial charge on any atom is 0.221 e. The van der Waals surface area contributed by atoms with E-state index < -0.39 is 9.84 Å². The van der Waals surface area contributed by atoms with Crippen LogP contribution in [0.1, 0.15) is 18.2 Å². The first-order valence-electron chi connectivity index (χ1n) is 9.15. The maximum atomic E-state index is 11.8. The van der Waals surface area contributed by atoms with Gasteiger partial charge in [-0.15, -0.1) is 0 Å². The van der Waals surface area contributed by atoms with Gasteiger partial charge < -0.3 is 20.1 Å². The topological polar surface area (TPSA) is 122 Å². The molecule has 1 fully saturated rings. The summed E-state index contributed by atoms with van der Waals surface area (Å²) < 4.78 is 29.0. The lowest BCUT2D eigenvalue weighted by atomic mass is 10.1. The standard InChI is InChI=1S/C19H24N4O5S/c1-13(25)20-17-4-3-14(9-15(17)11-24)19-21-16(12-29(2,26)27)10-18(22-19)23-5-7-28-8-6-23/h3-4,9-10,24H,5-8,11-12H2,1-2H3,(H,20,25). The van der Waals surface area contributed by atoms with E-state index in [4.69, 9.17) is 4.74 Å². The van der Waals surface area contributed by atoms with Gasteiger partial charge in [0.15, 0.2) is 15.7 Å². The number of sulfone groups is 1. The molecule has 0 radical (unpaired) electrons. The highest BCUT2D eigenvalue weighted by Gasteiger charge is 2.18. The van der Waals surface area contributed by atoms with Gasteiger partial charge in [0, 0.05) is 49.1 Å². The van der Waals surface area contributed by atoms with Crippen molar-refractivity contribution in [3.05, 3.63) is 35.5 Å². The molecule has 1 aromatic carbocycles. The second kappa shape index (κ2) is 8.85. The number of morpholine rings is 1. The van der Waals surface area contributed by atoms with Crippen molar-refractivity contribution in [2.45, 2.75) is 19.3 Å². The Morgan fingerprint density at radius 1 is 1.24 bits per heavy atom. The van der Waals surface area contributed by atoms with Crippen LogP contribution in [0.4, 0.5) is 11.5 Å². The number of hydrogen-bond donors (Lipinski definition) is 2. The molecule has 0 saturated carbocycles. The first-order chi connectivity index (χ1) is 13.7. The predicted molar refractivity (Wildman–Crippen MR) is 109 cm³/mol. The molecule has 0 bridgehead atoms. The van der Waals surface area contributed by atoms with Crippen molar-refractivity contribution in [3.63, 3.8) is 0 Å². The summed E-state index contributed by atoms with van der Waals surface area (Å²) in [5, 5.41) is 12.3. The highest BCUT2D eigenvalue weighted by atomic mass is 32.2. The van der Waals surface area contributed by atoms with E-state index in [0.29, 0.717) is 60.5 Å². The quantitative estimate of drug-likeness (QED) is 0.709. The van der Waals surface area contributed by atoms with Gasteiger partial charge in [0.05, 0.1) is 31.3 Å². The Morgan fingerprint density at radius 2 is 1.97 bits per heavy atom. The average Bonchev–Trinajstić information content (AvgIpc) is 2.67. The van der Waals surface area contributed by atoms with Crippen LogP contribution in [0.5, 0.6) is 0 Å². The van der Waals surface area contributed by atoms with Crippen LogP contribution in [-0.2, 0) is 31.7 Å². The second-order valence-corrected chi connectivity index (χ2v) is 9.06. The summed E-state index contributed by atoms with van der Waals surface area (Å²) in [6.07, 6.45) is 1.16. The molecule has 156 valence electrons. The van der Waals surface area contributed by atoms with Gasteiger partial charge in [0.2, 0.25) is 5.91 Å². The molecule has 0 aliphatic carbocycles. The fourth-order valence-electron chi connectivity index (χ4n) is 3.08. The van der Waals surface area contributed by atoms with Gasteiger partial charge in [-0.1, -0.05) is 0 Å². The summed E-state index contributed by atoms with van der Waals surface area (Å²) in [4.78, 5) is 22.4. The number of nitrogens with one attached hydrogen (secondary N) is 1. The Labute approximate surface area is 169 Å². The molecule has 2 N–H and O–H groups in total. The summed E-state index contributed by atoms with van der Waals surface area (Å²) in [6.45, 7) is 3.56. The van der Waals surface area contributed by atoms with E-state index in [1.54, 1.807) is 24.3 Å². The summed E-state index contributed by atoms with van der Waals surface area (Å²) in [6, 6.07) is 6.78. The minimum absolute atomic E-state index is 0.198. The lowest BCUT2D eigenvalue weighted by Gasteiger charge is -2.28. The van der Waals surface area contributed by atoms with Crippen molar-refractivity contribution < 1.29 is 23.1 Å². The molecule has 1 aromatic heterocycles. The summed E-state index contributed by atoms with van der Waals surface area (Å²) in [7, 11) is -3.28. The third-order valence-corrected chi connectivity index (χ3v) is 5.18. The molecular weight excluding hydrogens is 396 g/mol. The van der Waals surface area contributed by atoms with E-state index in [0.717, 1.165) is 6.26 Å². The van der Waals surface area contributed by atoms with E-state index >= 15 is 0 Å². The number of carbonyl (C=O) groups excluding carboxylic acids is 1. The number of aliphatic hydroxyl groups excluding tert-OH is 1. The number of rotatable bonds is 6. The predicted octanol–water partition coefficient (Wildman–Crippen LogP) is 0.975. The van der Waals surface area contributed by atoms with Crippen LogP contribution in [0.25, 0.3) is 11.4 Å². The minimum atomic E-state index is -3.28. The smallest absolute Gasteiger partial charge is 0.221 e. The number of hydrogen-bond acceptors (Lipinski definition) is 8. The van der Waals surface area contributed by atoms with Crippen LogP contribution >= 0.6 is 0 Å². The fraction of sp³-hybridized carbons (Fsp3) is 0.421. The molecule has 1 aliphatic rings. The number of ether oxygens (including phenoxy) is 1. The minimum Gasteiger partial charge on any atom is -0.392 e. The van der Waals surface area contributed by atoms with E-state index in [1.165, 1.54) is 6.92 Å². The van der Waals surface area contributed by atoms with Crippen LogP contribution in [-0.4, -0.2) is 62.0 Å².